The van der Waals surface area contributed by atoms with Crippen LogP contribution in [0.1, 0.15) is 10.5 Å². The molecular weight excluding hydrogens is 419 g/mol. The van der Waals surface area contributed by atoms with Gasteiger partial charge in [0.25, 0.3) is 11.5 Å². The van der Waals surface area contributed by atoms with E-state index in [0.717, 1.165) is 21.8 Å². The van der Waals surface area contributed by atoms with Crippen molar-refractivity contribution in [2.75, 3.05) is 7.05 Å². The second kappa shape index (κ2) is 8.36. The standard InChI is InChI=1S/C15H15ClF3N7O3/c1-25(21)14(23-20)22-12(27)11-10(16)9(13(28)26(2)24-11)7-3-5-8(6-4-7)29-15(17,18)19/h3-6H,20-21H2,1-2H3,(H,22,23,27). The van der Waals surface area contributed by atoms with Gasteiger partial charge in [-0.2, -0.15) is 5.10 Å². The molecule has 1 aromatic carbocycles. The summed E-state index contributed by atoms with van der Waals surface area (Å²) in [6.45, 7) is 0. The van der Waals surface area contributed by atoms with Gasteiger partial charge in [-0.15, -0.1) is 18.3 Å². The number of aromatic nitrogens is 2. The Morgan fingerprint density at radius 3 is 2.41 bits per heavy atom. The van der Waals surface area contributed by atoms with E-state index in [2.05, 4.69) is 20.3 Å². The highest BCUT2D eigenvalue weighted by molar-refractivity contribution is 6.36. The summed E-state index contributed by atoms with van der Waals surface area (Å²) in [4.78, 5) is 24.9. The first-order chi connectivity index (χ1) is 13.4. The van der Waals surface area contributed by atoms with Crippen molar-refractivity contribution in [3.05, 3.63) is 45.3 Å². The molecule has 0 unspecified atom stereocenters. The van der Waals surface area contributed by atoms with Gasteiger partial charge in [-0.05, 0) is 17.7 Å². The van der Waals surface area contributed by atoms with Crippen molar-refractivity contribution in [3.63, 3.8) is 0 Å². The zero-order valence-electron chi connectivity index (χ0n) is 15.0. The molecule has 156 valence electrons. The van der Waals surface area contributed by atoms with Crippen LogP contribution in [0.5, 0.6) is 5.75 Å². The SMILES string of the molecule is CN(N)/C(=N\N)NC(=O)c1nn(C)c(=O)c(-c2ccc(OC(F)(F)F)cc2)c1Cl. The van der Waals surface area contributed by atoms with E-state index in [9.17, 15) is 22.8 Å². The van der Waals surface area contributed by atoms with Crippen molar-refractivity contribution >= 4 is 23.5 Å². The molecule has 0 aliphatic heterocycles. The molecule has 1 amide bonds. The predicted molar refractivity (Wildman–Crippen MR) is 97.6 cm³/mol. The molecule has 1 aromatic heterocycles. The normalized spacial score (nSPS) is 11.9. The quantitative estimate of drug-likeness (QED) is 0.281. The highest BCUT2D eigenvalue weighted by Gasteiger charge is 2.31. The van der Waals surface area contributed by atoms with Crippen LogP contribution < -0.4 is 27.3 Å². The van der Waals surface area contributed by atoms with Gasteiger partial charge in [-0.3, -0.25) is 19.9 Å². The summed E-state index contributed by atoms with van der Waals surface area (Å²) in [6, 6.07) is 4.38. The van der Waals surface area contributed by atoms with Crippen molar-refractivity contribution in [2.24, 2.45) is 23.8 Å². The molecule has 5 N–H and O–H groups in total. The largest absolute Gasteiger partial charge is 0.573 e. The van der Waals surface area contributed by atoms with Crippen LogP contribution in [0.15, 0.2) is 34.2 Å². The number of benzene rings is 1. The van der Waals surface area contributed by atoms with Gasteiger partial charge in [0.2, 0.25) is 5.96 Å². The van der Waals surface area contributed by atoms with Gasteiger partial charge < -0.3 is 10.6 Å². The predicted octanol–water partition coefficient (Wildman–Crippen LogP) is 0.764. The number of guanidine groups is 1. The van der Waals surface area contributed by atoms with Crippen molar-refractivity contribution in [1.29, 1.82) is 0 Å². The van der Waals surface area contributed by atoms with Gasteiger partial charge in [-0.25, -0.2) is 10.5 Å². The number of nitrogens with zero attached hydrogens (tertiary/aromatic N) is 4. The summed E-state index contributed by atoms with van der Waals surface area (Å²) >= 11 is 6.20. The van der Waals surface area contributed by atoms with Crippen LogP contribution >= 0.6 is 11.6 Å². The molecule has 0 saturated heterocycles. The van der Waals surface area contributed by atoms with Gasteiger partial charge in [0.05, 0.1) is 10.6 Å². The molecule has 0 atom stereocenters. The number of hydrogen-bond donors (Lipinski definition) is 3. The Labute approximate surface area is 166 Å². The van der Waals surface area contributed by atoms with E-state index in [4.69, 9.17) is 23.3 Å². The maximum absolute atomic E-state index is 12.5. The van der Waals surface area contributed by atoms with Crippen molar-refractivity contribution in [2.45, 2.75) is 6.36 Å². The molecule has 0 radical (unpaired) electrons. The molecule has 14 heteroatoms. The third-order valence-electron chi connectivity index (χ3n) is 3.46. The van der Waals surface area contributed by atoms with Gasteiger partial charge >= 0.3 is 6.36 Å². The molecule has 1 heterocycles. The van der Waals surface area contributed by atoms with Crippen molar-refractivity contribution in [3.8, 4) is 16.9 Å². The summed E-state index contributed by atoms with van der Waals surface area (Å²) in [5.74, 6) is 9.00. The summed E-state index contributed by atoms with van der Waals surface area (Å²) in [7, 11) is 2.63. The van der Waals surface area contributed by atoms with Crippen LogP contribution in [0.2, 0.25) is 5.02 Å². The lowest BCUT2D eigenvalue weighted by molar-refractivity contribution is -0.274. The zero-order valence-corrected chi connectivity index (χ0v) is 15.7. The molecule has 29 heavy (non-hydrogen) atoms. The Hall–Kier alpha value is -3.32. The van der Waals surface area contributed by atoms with Gasteiger partial charge in [0.1, 0.15) is 5.75 Å². The first-order valence-electron chi connectivity index (χ1n) is 7.65. The lowest BCUT2D eigenvalue weighted by atomic mass is 10.1. The molecule has 10 nitrogen and oxygen atoms in total. The third kappa shape index (κ3) is 5.14. The number of alkyl halides is 3. The van der Waals surface area contributed by atoms with E-state index in [1.54, 1.807) is 0 Å². The van der Waals surface area contributed by atoms with Gasteiger partial charge in [0.15, 0.2) is 5.69 Å². The summed E-state index contributed by atoms with van der Waals surface area (Å²) in [5.41, 5.74) is -1.05. The second-order valence-electron chi connectivity index (χ2n) is 5.56. The van der Waals surface area contributed by atoms with Crippen LogP contribution in [0.25, 0.3) is 11.1 Å². The fourth-order valence-corrected chi connectivity index (χ4v) is 2.52. The molecule has 0 aliphatic rings. The first kappa shape index (κ1) is 22.0. The molecular formula is C15H15ClF3N7O3. The number of rotatable bonds is 3. The lowest BCUT2D eigenvalue weighted by Gasteiger charge is -2.16. The van der Waals surface area contributed by atoms with E-state index in [0.29, 0.717) is 0 Å². The smallest absolute Gasteiger partial charge is 0.406 e. The summed E-state index contributed by atoms with van der Waals surface area (Å²) < 4.78 is 41.5. The van der Waals surface area contributed by atoms with Gasteiger partial charge in [0, 0.05) is 14.1 Å². The number of hydrogen-bond acceptors (Lipinski definition) is 7. The monoisotopic (exact) mass is 433 g/mol. The number of halogens is 4. The number of carbonyl (C=O) groups excluding carboxylic acids is 1. The zero-order chi connectivity index (χ0) is 21.9. The number of amides is 1. The van der Waals surface area contributed by atoms with E-state index in [-0.39, 0.29) is 27.8 Å². The average molecular weight is 434 g/mol. The van der Waals surface area contributed by atoms with E-state index in [1.165, 1.54) is 26.2 Å². The number of nitrogens with two attached hydrogens (primary N) is 2. The van der Waals surface area contributed by atoms with E-state index >= 15 is 0 Å². The second-order valence-corrected chi connectivity index (χ2v) is 5.93. The molecule has 0 bridgehead atoms. The molecule has 2 rings (SSSR count). The minimum Gasteiger partial charge on any atom is -0.406 e. The maximum atomic E-state index is 12.5. The number of hydrazine groups is 1. The highest BCUT2D eigenvalue weighted by atomic mass is 35.5. The fraction of sp³-hybridized carbons (Fsp3) is 0.200. The Kier molecular flexibility index (Phi) is 6.34. The lowest BCUT2D eigenvalue weighted by Crippen LogP contribution is -2.46. The van der Waals surface area contributed by atoms with Crippen LogP contribution in [-0.4, -0.2) is 40.1 Å². The van der Waals surface area contributed by atoms with Crippen LogP contribution in [-0.2, 0) is 7.05 Å². The van der Waals surface area contributed by atoms with Crippen LogP contribution in [0, 0.1) is 0 Å². The summed E-state index contributed by atoms with van der Waals surface area (Å²) in [6.07, 6.45) is -4.87. The molecule has 0 saturated carbocycles. The van der Waals surface area contributed by atoms with E-state index < -0.39 is 23.6 Å². The number of ether oxygens (including phenoxy) is 1. The molecule has 0 fully saturated rings. The summed E-state index contributed by atoms with van der Waals surface area (Å²) in [5, 5.41) is 9.95. The number of carbonyl (C=O) groups is 1. The number of hydrazone groups is 1. The molecule has 0 aliphatic carbocycles. The number of aryl methyl sites for hydroxylation is 1. The van der Waals surface area contributed by atoms with Crippen LogP contribution in [0.3, 0.4) is 0 Å². The van der Waals surface area contributed by atoms with Crippen molar-refractivity contribution < 1.29 is 22.7 Å². The van der Waals surface area contributed by atoms with E-state index in [1.807, 2.05) is 0 Å². The Morgan fingerprint density at radius 2 is 1.93 bits per heavy atom. The molecule has 2 aromatic rings. The third-order valence-corrected chi connectivity index (χ3v) is 3.83. The fourth-order valence-electron chi connectivity index (χ4n) is 2.20. The minimum absolute atomic E-state index is 0.144. The minimum atomic E-state index is -4.87. The molecule has 0 spiro atoms. The number of nitrogens with one attached hydrogen (secondary N) is 1. The van der Waals surface area contributed by atoms with Gasteiger partial charge in [-0.1, -0.05) is 23.7 Å². The Balaban J connectivity index is 2.49. The topological polar surface area (TPSA) is 141 Å². The Morgan fingerprint density at radius 1 is 1.34 bits per heavy atom. The maximum Gasteiger partial charge on any atom is 0.573 e. The average Bonchev–Trinajstić information content (AvgIpc) is 2.62. The first-order valence-corrected chi connectivity index (χ1v) is 8.03. The Bertz CT molecular complexity index is 1000. The van der Waals surface area contributed by atoms with Crippen molar-refractivity contribution in [1.82, 2.24) is 20.1 Å². The van der Waals surface area contributed by atoms with Crippen LogP contribution in [0.4, 0.5) is 13.2 Å². The highest BCUT2D eigenvalue weighted by Crippen LogP contribution is 2.29.